The lowest BCUT2D eigenvalue weighted by Crippen LogP contribution is -2.48. The number of furan rings is 1. The van der Waals surface area contributed by atoms with Crippen molar-refractivity contribution < 1.29 is 35.2 Å². The molecule has 1 atom stereocenters. The van der Waals surface area contributed by atoms with Crippen molar-refractivity contribution in [3.05, 3.63) is 71.4 Å². The zero-order chi connectivity index (χ0) is 29.0. The van der Waals surface area contributed by atoms with Crippen LogP contribution in [-0.2, 0) is 21.0 Å². The highest BCUT2D eigenvalue weighted by Gasteiger charge is 2.34. The van der Waals surface area contributed by atoms with Crippen LogP contribution in [0.15, 0.2) is 73.9 Å². The Hall–Kier alpha value is -3.91. The standard InChI is InChI=1S/C25H25F4N5O4S/c1-5-34(39(36,37)23-11-16-10-18(26)7-9-22(16)38-23)15(2)24(35)33-14-19(30-3)12-21(31-4)20-8-6-17(13-32-20)25(27,28)29/h6-13,15H,3,5,14H2,1-2,4H3,(H,33,35)/b19-12-,31-21+/t15-/m0/s1. The fourth-order valence-corrected chi connectivity index (χ4v) is 5.17. The SMILES string of the molecule is C=N/C(=C\C(=N/C)c1ccc(C(F)(F)F)cn1)CNC(=O)[C@H](C)N(CC)S(=O)(=O)c1cc2cc(F)ccc2o1. The largest absolute Gasteiger partial charge is 0.443 e. The highest BCUT2D eigenvalue weighted by molar-refractivity contribution is 7.89. The van der Waals surface area contributed by atoms with Crippen LogP contribution < -0.4 is 5.32 Å². The molecule has 0 aliphatic carbocycles. The van der Waals surface area contributed by atoms with Gasteiger partial charge in [0.1, 0.15) is 17.4 Å². The number of aliphatic imine (C=N–C) groups is 2. The molecule has 3 rings (SSSR count). The van der Waals surface area contributed by atoms with Gasteiger partial charge in [0.2, 0.25) is 11.0 Å². The van der Waals surface area contributed by atoms with Crippen LogP contribution in [0.25, 0.3) is 11.0 Å². The number of nitrogens with one attached hydrogen (secondary N) is 1. The summed E-state index contributed by atoms with van der Waals surface area (Å²) >= 11 is 0. The molecule has 0 radical (unpaired) electrons. The number of hydrogen-bond donors (Lipinski definition) is 1. The zero-order valence-electron chi connectivity index (χ0n) is 21.2. The number of pyridine rings is 1. The maximum Gasteiger partial charge on any atom is 0.417 e. The number of carbonyl (C=O) groups excluding carboxylic acids is 1. The maximum atomic E-state index is 13.5. The molecule has 3 aromatic rings. The minimum Gasteiger partial charge on any atom is -0.443 e. The smallest absolute Gasteiger partial charge is 0.417 e. The maximum absolute atomic E-state index is 13.5. The predicted octanol–water partition coefficient (Wildman–Crippen LogP) is 4.20. The second-order valence-corrected chi connectivity index (χ2v) is 10.0. The van der Waals surface area contributed by atoms with Crippen molar-refractivity contribution in [1.82, 2.24) is 14.6 Å². The van der Waals surface area contributed by atoms with E-state index in [1.165, 1.54) is 32.2 Å². The number of sulfonamides is 1. The second kappa shape index (κ2) is 11.9. The number of nitrogens with zero attached hydrogens (tertiary/aromatic N) is 4. The lowest BCUT2D eigenvalue weighted by molar-refractivity contribution is -0.137. The number of likely N-dealkylation sites (N-methyl/N-ethyl adjacent to an activating group) is 1. The van der Waals surface area contributed by atoms with Crippen molar-refractivity contribution in [3.63, 3.8) is 0 Å². The molecule has 208 valence electrons. The number of amides is 1. The van der Waals surface area contributed by atoms with Crippen LogP contribution in [-0.4, -0.2) is 62.2 Å². The third-order valence-corrected chi connectivity index (χ3v) is 7.59. The quantitative estimate of drug-likeness (QED) is 0.291. The summed E-state index contributed by atoms with van der Waals surface area (Å²) in [6.45, 7) is 6.10. The number of benzene rings is 1. The molecule has 1 amide bonds. The van der Waals surface area contributed by atoms with Gasteiger partial charge in [-0.3, -0.25) is 19.8 Å². The Morgan fingerprint density at radius 3 is 2.54 bits per heavy atom. The van der Waals surface area contributed by atoms with Crippen LogP contribution in [0.2, 0.25) is 0 Å². The van der Waals surface area contributed by atoms with Gasteiger partial charge in [0.25, 0.3) is 10.0 Å². The van der Waals surface area contributed by atoms with E-state index in [9.17, 15) is 30.8 Å². The highest BCUT2D eigenvalue weighted by Crippen LogP contribution is 2.29. The first-order valence-electron chi connectivity index (χ1n) is 11.5. The number of halogens is 4. The third kappa shape index (κ3) is 6.75. The van der Waals surface area contributed by atoms with E-state index >= 15 is 0 Å². The Morgan fingerprint density at radius 1 is 1.26 bits per heavy atom. The lowest BCUT2D eigenvalue weighted by Gasteiger charge is -2.25. The van der Waals surface area contributed by atoms with Gasteiger partial charge in [-0.1, -0.05) is 6.92 Å². The second-order valence-electron chi connectivity index (χ2n) is 8.18. The average molecular weight is 568 g/mol. The molecule has 9 nitrogen and oxygen atoms in total. The molecule has 2 aromatic heterocycles. The van der Waals surface area contributed by atoms with E-state index in [1.807, 2.05) is 0 Å². The molecular formula is C25H25F4N5O4S. The number of hydrogen-bond acceptors (Lipinski definition) is 7. The first-order valence-corrected chi connectivity index (χ1v) is 12.9. The first kappa shape index (κ1) is 29.6. The molecule has 0 saturated carbocycles. The van der Waals surface area contributed by atoms with Crippen LogP contribution in [0.4, 0.5) is 17.6 Å². The van der Waals surface area contributed by atoms with E-state index in [-0.39, 0.29) is 41.2 Å². The average Bonchev–Trinajstić information content (AvgIpc) is 3.33. The Bertz CT molecular complexity index is 1530. The zero-order valence-corrected chi connectivity index (χ0v) is 22.0. The van der Waals surface area contributed by atoms with Crippen LogP contribution in [0.3, 0.4) is 0 Å². The van der Waals surface area contributed by atoms with Crippen LogP contribution in [0, 0.1) is 5.82 Å². The third-order valence-electron chi connectivity index (χ3n) is 5.69. The van der Waals surface area contributed by atoms with Gasteiger partial charge < -0.3 is 9.73 Å². The summed E-state index contributed by atoms with van der Waals surface area (Å²) in [7, 11) is -2.86. The van der Waals surface area contributed by atoms with Crippen molar-refractivity contribution in [3.8, 4) is 0 Å². The molecule has 0 fully saturated rings. The first-order chi connectivity index (χ1) is 18.3. The van der Waals surface area contributed by atoms with Crippen molar-refractivity contribution >= 4 is 39.3 Å². The fourth-order valence-electron chi connectivity index (χ4n) is 3.62. The fraction of sp³-hybridized carbons (Fsp3) is 0.280. The molecule has 1 N–H and O–H groups in total. The summed E-state index contributed by atoms with van der Waals surface area (Å²) in [6, 6.07) is 5.60. The Labute approximate surface area is 222 Å². The molecule has 0 spiro atoms. The van der Waals surface area contributed by atoms with Gasteiger partial charge in [-0.2, -0.15) is 17.5 Å². The molecule has 1 aromatic carbocycles. The van der Waals surface area contributed by atoms with Gasteiger partial charge in [0, 0.05) is 31.2 Å². The number of alkyl halides is 3. The van der Waals surface area contributed by atoms with E-state index in [1.54, 1.807) is 6.92 Å². The molecule has 0 saturated heterocycles. The normalized spacial score (nSPS) is 14.1. The van der Waals surface area contributed by atoms with E-state index in [0.717, 1.165) is 28.6 Å². The van der Waals surface area contributed by atoms with Gasteiger partial charge in [-0.15, -0.1) is 0 Å². The Morgan fingerprint density at radius 2 is 1.97 bits per heavy atom. The minimum absolute atomic E-state index is 0.0725. The van der Waals surface area contributed by atoms with Crippen LogP contribution in [0.5, 0.6) is 0 Å². The summed E-state index contributed by atoms with van der Waals surface area (Å²) < 4.78 is 84.7. The highest BCUT2D eigenvalue weighted by atomic mass is 32.2. The van der Waals surface area contributed by atoms with Crippen molar-refractivity contribution in [2.24, 2.45) is 9.98 Å². The number of carbonyl (C=O) groups is 1. The van der Waals surface area contributed by atoms with Gasteiger partial charge in [-0.25, -0.2) is 12.8 Å². The predicted molar refractivity (Wildman–Crippen MR) is 138 cm³/mol. The van der Waals surface area contributed by atoms with Crippen LogP contribution >= 0.6 is 0 Å². The molecule has 14 heteroatoms. The summed E-state index contributed by atoms with van der Waals surface area (Å²) in [5.74, 6) is -1.22. The molecule has 0 aliphatic heterocycles. The Balaban J connectivity index is 1.74. The molecule has 2 heterocycles. The number of allylic oxidation sites excluding steroid dienone is 1. The van der Waals surface area contributed by atoms with Crippen molar-refractivity contribution in [2.75, 3.05) is 20.1 Å². The van der Waals surface area contributed by atoms with E-state index < -0.39 is 44.6 Å². The summed E-state index contributed by atoms with van der Waals surface area (Å²) in [4.78, 5) is 24.5. The van der Waals surface area contributed by atoms with Gasteiger partial charge in [0.15, 0.2) is 0 Å². The summed E-state index contributed by atoms with van der Waals surface area (Å²) in [5.41, 5.74) is -0.221. The van der Waals surface area contributed by atoms with Crippen LogP contribution in [0.1, 0.15) is 25.1 Å². The van der Waals surface area contributed by atoms with E-state index in [2.05, 4.69) is 27.0 Å². The minimum atomic E-state index is -4.54. The van der Waals surface area contributed by atoms with Gasteiger partial charge >= 0.3 is 6.18 Å². The summed E-state index contributed by atoms with van der Waals surface area (Å²) in [5, 5.41) is 2.38. The number of aromatic nitrogens is 1. The van der Waals surface area contributed by atoms with Crippen molar-refractivity contribution in [1.29, 1.82) is 0 Å². The Kier molecular flexibility index (Phi) is 9.02. The van der Waals surface area contributed by atoms with E-state index in [4.69, 9.17) is 4.42 Å². The molecule has 0 bridgehead atoms. The molecular weight excluding hydrogens is 542 g/mol. The molecule has 0 unspecified atom stereocenters. The molecule has 0 aliphatic rings. The topological polar surface area (TPSA) is 117 Å². The number of fused-ring (bicyclic) bond motifs is 1. The van der Waals surface area contributed by atoms with E-state index in [0.29, 0.717) is 6.20 Å². The molecule has 39 heavy (non-hydrogen) atoms. The summed E-state index contributed by atoms with van der Waals surface area (Å²) in [6.07, 6.45) is -2.48. The van der Waals surface area contributed by atoms with Crippen molar-refractivity contribution in [2.45, 2.75) is 31.2 Å². The van der Waals surface area contributed by atoms with Gasteiger partial charge in [0.05, 0.1) is 29.2 Å². The monoisotopic (exact) mass is 567 g/mol. The lowest BCUT2D eigenvalue weighted by atomic mass is 10.1. The van der Waals surface area contributed by atoms with Gasteiger partial charge in [-0.05, 0) is 50.0 Å². The number of rotatable bonds is 10.